The molecule has 0 spiro atoms. The van der Waals surface area contributed by atoms with Crippen LogP contribution >= 0.6 is 0 Å². The van der Waals surface area contributed by atoms with Crippen LogP contribution in [0.3, 0.4) is 0 Å². The summed E-state index contributed by atoms with van der Waals surface area (Å²) in [6, 6.07) is 0. The van der Waals surface area contributed by atoms with Crippen LogP contribution in [-0.2, 0) is 26.4 Å². The Kier molecular flexibility index (Phi) is 11.9. The number of hydrogen-bond donors (Lipinski definition) is 2. The molecule has 0 aliphatic carbocycles. The first-order valence-corrected chi connectivity index (χ1v) is 9.01. The number of aliphatic hydroxyl groups excluding tert-OH is 2. The van der Waals surface area contributed by atoms with Gasteiger partial charge in [0, 0.05) is 50.6 Å². The minimum Gasteiger partial charge on any atom is -0.512 e. The average Bonchev–Trinajstić information content (AvgIpc) is 2.34. The molecule has 0 aliphatic heterocycles. The maximum atomic E-state index is 11.5. The van der Waals surface area contributed by atoms with Crippen molar-refractivity contribution in [3.8, 4) is 0 Å². The molecule has 0 atom stereocenters. The molecule has 0 amide bonds. The Morgan fingerprint density at radius 1 is 0.519 bits per heavy atom. The fourth-order valence-electron chi connectivity index (χ4n) is 1.11. The van der Waals surface area contributed by atoms with Gasteiger partial charge in [-0.15, -0.1) is 0 Å². The summed E-state index contributed by atoms with van der Waals surface area (Å²) in [5.41, 5.74) is -1.53. The Bertz CT molecular complexity index is 505. The molecule has 0 aliphatic rings. The Balaban J connectivity index is -0.000000411. The zero-order chi connectivity index (χ0) is 21.7. The SMILES string of the molecule is CC(C)(C)C(=O)/C=C(\O)C(C)(C)C.CC(C)(C)C(=O)/C=C(\O)C(C)(C)C.[Co]. The molecular weight excluding hydrogens is 387 g/mol. The van der Waals surface area contributed by atoms with Crippen molar-refractivity contribution >= 4 is 11.6 Å². The molecule has 0 unspecified atom stereocenters. The Morgan fingerprint density at radius 3 is 0.815 bits per heavy atom. The van der Waals surface area contributed by atoms with Crippen molar-refractivity contribution in [2.45, 2.75) is 83.1 Å². The third-order valence-electron chi connectivity index (χ3n) is 3.55. The van der Waals surface area contributed by atoms with Crippen LogP contribution in [0.5, 0.6) is 0 Å². The number of carbonyl (C=O) groups excluding carboxylic acids is 2. The fraction of sp³-hybridized carbons (Fsp3) is 0.727. The number of hydrogen-bond acceptors (Lipinski definition) is 4. The van der Waals surface area contributed by atoms with Crippen LogP contribution in [0.4, 0.5) is 0 Å². The van der Waals surface area contributed by atoms with Crippen LogP contribution in [0.1, 0.15) is 83.1 Å². The normalized spacial score (nSPS) is 13.9. The van der Waals surface area contributed by atoms with Gasteiger partial charge in [0.05, 0.1) is 0 Å². The second-order valence-electron chi connectivity index (χ2n) is 10.8. The minimum atomic E-state index is -0.417. The van der Waals surface area contributed by atoms with Crippen molar-refractivity contribution < 1.29 is 36.6 Å². The standard InChI is InChI=1S/2C11H20O2.Co/c2*1-10(2,3)8(12)7-9(13)11(4,5)6;/h2*7,12H,1-6H3;/b2*8-7-;. The quantitative estimate of drug-likeness (QED) is 0.408. The molecule has 2 N–H and O–H groups in total. The molecule has 0 aromatic heterocycles. The van der Waals surface area contributed by atoms with Crippen LogP contribution in [0.2, 0.25) is 0 Å². The van der Waals surface area contributed by atoms with E-state index in [1.54, 1.807) is 0 Å². The maximum absolute atomic E-state index is 11.5. The van der Waals surface area contributed by atoms with E-state index in [1.165, 1.54) is 12.2 Å². The zero-order valence-electron chi connectivity index (χ0n) is 19.2. The van der Waals surface area contributed by atoms with Gasteiger partial charge in [-0.05, 0) is 0 Å². The summed E-state index contributed by atoms with van der Waals surface area (Å²) in [6.45, 7) is 22.2. The predicted octanol–water partition coefficient (Wildman–Crippen LogP) is 6.18. The molecule has 4 nitrogen and oxygen atoms in total. The van der Waals surface area contributed by atoms with Crippen LogP contribution in [0.15, 0.2) is 23.7 Å². The Labute approximate surface area is 176 Å². The second kappa shape index (κ2) is 10.5. The number of rotatable bonds is 2. The molecule has 0 bridgehead atoms. The summed E-state index contributed by atoms with van der Waals surface area (Å²) < 4.78 is 0. The molecule has 161 valence electrons. The van der Waals surface area contributed by atoms with Crippen molar-refractivity contribution in [2.75, 3.05) is 0 Å². The van der Waals surface area contributed by atoms with Gasteiger partial charge in [-0.25, -0.2) is 0 Å². The third-order valence-corrected chi connectivity index (χ3v) is 3.55. The van der Waals surface area contributed by atoms with E-state index in [4.69, 9.17) is 0 Å². The van der Waals surface area contributed by atoms with E-state index in [2.05, 4.69) is 0 Å². The summed E-state index contributed by atoms with van der Waals surface area (Å²) in [6.07, 6.45) is 2.67. The van der Waals surface area contributed by atoms with Crippen LogP contribution in [-0.4, -0.2) is 21.8 Å². The molecule has 0 rings (SSSR count). The van der Waals surface area contributed by atoms with Crippen molar-refractivity contribution in [1.29, 1.82) is 0 Å². The molecule has 0 aromatic carbocycles. The number of ketones is 2. The van der Waals surface area contributed by atoms with E-state index in [0.717, 1.165) is 0 Å². The third kappa shape index (κ3) is 13.7. The summed E-state index contributed by atoms with van der Waals surface area (Å²) >= 11 is 0. The molecule has 27 heavy (non-hydrogen) atoms. The van der Waals surface area contributed by atoms with E-state index in [-0.39, 0.29) is 50.7 Å². The molecule has 5 heteroatoms. The monoisotopic (exact) mass is 427 g/mol. The van der Waals surface area contributed by atoms with Gasteiger partial charge in [0.15, 0.2) is 11.6 Å². The minimum absolute atomic E-state index is 0. The first-order chi connectivity index (χ1) is 11.1. The van der Waals surface area contributed by atoms with Gasteiger partial charge in [0.1, 0.15) is 11.5 Å². The zero-order valence-corrected chi connectivity index (χ0v) is 20.2. The summed E-state index contributed by atoms with van der Waals surface area (Å²) in [5, 5.41) is 19.1. The Morgan fingerprint density at radius 2 is 0.704 bits per heavy atom. The van der Waals surface area contributed by atoms with E-state index in [9.17, 15) is 19.8 Å². The van der Waals surface area contributed by atoms with Gasteiger partial charge >= 0.3 is 0 Å². The largest absolute Gasteiger partial charge is 0.512 e. The number of allylic oxidation sites excluding steroid dienone is 4. The molecular formula is C22H40CoO4. The van der Waals surface area contributed by atoms with Crippen LogP contribution in [0, 0.1) is 21.7 Å². The predicted molar refractivity (Wildman–Crippen MR) is 109 cm³/mol. The topological polar surface area (TPSA) is 74.6 Å². The second-order valence-corrected chi connectivity index (χ2v) is 10.8. The molecule has 0 fully saturated rings. The maximum Gasteiger partial charge on any atom is 0.164 e. The molecule has 0 saturated heterocycles. The van der Waals surface area contributed by atoms with Crippen molar-refractivity contribution in [2.24, 2.45) is 21.7 Å². The van der Waals surface area contributed by atoms with Gasteiger partial charge in [0.2, 0.25) is 0 Å². The number of carbonyl (C=O) groups is 2. The number of aliphatic hydroxyl groups is 2. The first-order valence-electron chi connectivity index (χ1n) is 9.01. The van der Waals surface area contributed by atoms with Crippen molar-refractivity contribution in [3.05, 3.63) is 23.7 Å². The Hall–Kier alpha value is -1.07. The van der Waals surface area contributed by atoms with Crippen molar-refractivity contribution in [3.63, 3.8) is 0 Å². The van der Waals surface area contributed by atoms with Gasteiger partial charge < -0.3 is 10.2 Å². The smallest absolute Gasteiger partial charge is 0.164 e. The van der Waals surface area contributed by atoms with Gasteiger partial charge in [0.25, 0.3) is 0 Å². The summed E-state index contributed by atoms with van der Waals surface area (Å²) in [7, 11) is 0. The molecule has 0 heterocycles. The molecule has 0 saturated carbocycles. The van der Waals surface area contributed by atoms with Crippen LogP contribution in [0.25, 0.3) is 0 Å². The van der Waals surface area contributed by atoms with E-state index >= 15 is 0 Å². The van der Waals surface area contributed by atoms with Crippen LogP contribution < -0.4 is 0 Å². The van der Waals surface area contributed by atoms with Gasteiger partial charge in [-0.3, -0.25) is 9.59 Å². The van der Waals surface area contributed by atoms with Crippen molar-refractivity contribution in [1.82, 2.24) is 0 Å². The summed E-state index contributed by atoms with van der Waals surface area (Å²) in [5.74, 6) is 0.208. The molecule has 0 aromatic rings. The van der Waals surface area contributed by atoms with Gasteiger partial charge in [-0.1, -0.05) is 83.1 Å². The van der Waals surface area contributed by atoms with E-state index in [1.807, 2.05) is 83.1 Å². The summed E-state index contributed by atoms with van der Waals surface area (Å²) in [4.78, 5) is 23.0. The van der Waals surface area contributed by atoms with E-state index < -0.39 is 10.8 Å². The first kappa shape index (κ1) is 30.6. The fourth-order valence-corrected chi connectivity index (χ4v) is 1.11. The van der Waals surface area contributed by atoms with Gasteiger partial charge in [-0.2, -0.15) is 0 Å². The molecule has 1 radical (unpaired) electrons. The average molecular weight is 427 g/mol. The van der Waals surface area contributed by atoms with E-state index in [0.29, 0.717) is 0 Å².